The van der Waals surface area contributed by atoms with Crippen LogP contribution < -0.4 is 21.7 Å². The molecule has 0 aliphatic heterocycles. The van der Waals surface area contributed by atoms with E-state index in [4.69, 9.17) is 10.5 Å². The zero-order chi connectivity index (χ0) is 26.5. The molecule has 192 valence electrons. The molecule has 0 aliphatic rings. The molecule has 0 saturated carbocycles. The van der Waals surface area contributed by atoms with Gasteiger partial charge in [-0.15, -0.1) is 0 Å². The van der Waals surface area contributed by atoms with Crippen molar-refractivity contribution in [3.8, 4) is 0 Å². The van der Waals surface area contributed by atoms with E-state index in [9.17, 15) is 19.2 Å². The largest absolute Gasteiger partial charge is 0.445 e. The number of amides is 4. The summed E-state index contributed by atoms with van der Waals surface area (Å²) in [4.78, 5) is 49.7. The lowest BCUT2D eigenvalue weighted by Gasteiger charge is -2.22. The molecule has 0 saturated heterocycles. The van der Waals surface area contributed by atoms with Gasteiger partial charge in [0.2, 0.25) is 17.7 Å². The molecule has 9 nitrogen and oxygen atoms in total. The van der Waals surface area contributed by atoms with Crippen LogP contribution in [0.5, 0.6) is 0 Å². The number of hydrogen-bond donors (Lipinski definition) is 4. The van der Waals surface area contributed by atoms with Crippen LogP contribution in [0.1, 0.15) is 16.7 Å². The average molecular weight is 503 g/mol. The molecule has 9 heteroatoms. The number of benzene rings is 3. The minimum atomic E-state index is -1.00. The summed E-state index contributed by atoms with van der Waals surface area (Å²) >= 11 is 0. The van der Waals surface area contributed by atoms with Gasteiger partial charge in [0.05, 0.1) is 0 Å². The Balaban J connectivity index is 1.59. The van der Waals surface area contributed by atoms with E-state index in [-0.39, 0.29) is 19.4 Å². The summed E-state index contributed by atoms with van der Waals surface area (Å²) in [6.45, 7) is -0.335. The van der Waals surface area contributed by atoms with Gasteiger partial charge in [0.15, 0.2) is 0 Å². The molecule has 0 unspecified atom stereocenters. The van der Waals surface area contributed by atoms with E-state index in [0.29, 0.717) is 0 Å². The Labute approximate surface area is 215 Å². The number of nitrogens with two attached hydrogens (primary N) is 1. The first kappa shape index (κ1) is 26.9. The van der Waals surface area contributed by atoms with Gasteiger partial charge in [-0.05, 0) is 16.7 Å². The van der Waals surface area contributed by atoms with Crippen molar-refractivity contribution in [2.24, 2.45) is 5.73 Å². The lowest BCUT2D eigenvalue weighted by atomic mass is 10.0. The average Bonchev–Trinajstić information content (AvgIpc) is 2.91. The summed E-state index contributed by atoms with van der Waals surface area (Å²) in [6, 6.07) is 25.4. The predicted molar refractivity (Wildman–Crippen MR) is 138 cm³/mol. The van der Waals surface area contributed by atoms with E-state index in [0.717, 1.165) is 16.7 Å². The van der Waals surface area contributed by atoms with Crippen molar-refractivity contribution in [3.05, 3.63) is 108 Å². The van der Waals surface area contributed by atoms with Crippen molar-refractivity contribution in [1.29, 1.82) is 0 Å². The summed E-state index contributed by atoms with van der Waals surface area (Å²) in [5.74, 6) is -1.85. The van der Waals surface area contributed by atoms with Crippen molar-refractivity contribution in [2.75, 3.05) is 6.54 Å². The summed E-state index contributed by atoms with van der Waals surface area (Å²) in [6.07, 6.45) is -0.379. The fourth-order valence-corrected chi connectivity index (χ4v) is 3.58. The number of carbonyl (C=O) groups is 4. The van der Waals surface area contributed by atoms with Crippen LogP contribution in [0.3, 0.4) is 0 Å². The normalized spacial score (nSPS) is 12.0. The zero-order valence-electron chi connectivity index (χ0n) is 20.3. The van der Waals surface area contributed by atoms with Gasteiger partial charge >= 0.3 is 6.09 Å². The molecule has 0 spiro atoms. The second-order valence-electron chi connectivity index (χ2n) is 8.38. The van der Waals surface area contributed by atoms with E-state index < -0.39 is 42.4 Å². The van der Waals surface area contributed by atoms with Crippen molar-refractivity contribution in [2.45, 2.75) is 31.5 Å². The van der Waals surface area contributed by atoms with Gasteiger partial charge in [-0.25, -0.2) is 4.79 Å². The van der Waals surface area contributed by atoms with E-state index >= 15 is 0 Å². The lowest BCUT2D eigenvalue weighted by Crippen LogP contribution is -2.55. The third kappa shape index (κ3) is 9.48. The molecule has 5 N–H and O–H groups in total. The van der Waals surface area contributed by atoms with E-state index in [1.54, 1.807) is 0 Å². The Morgan fingerprint density at radius 1 is 0.676 bits per heavy atom. The number of rotatable bonds is 12. The summed E-state index contributed by atoms with van der Waals surface area (Å²) in [7, 11) is 0. The van der Waals surface area contributed by atoms with Crippen molar-refractivity contribution in [1.82, 2.24) is 16.0 Å². The summed E-state index contributed by atoms with van der Waals surface area (Å²) < 4.78 is 5.10. The van der Waals surface area contributed by atoms with E-state index in [1.165, 1.54) is 0 Å². The van der Waals surface area contributed by atoms with E-state index in [1.807, 2.05) is 91.0 Å². The van der Waals surface area contributed by atoms with Crippen LogP contribution in [-0.4, -0.2) is 42.4 Å². The molecular weight excluding hydrogens is 472 g/mol. The number of nitrogens with one attached hydrogen (secondary N) is 3. The molecule has 0 bridgehead atoms. The number of alkyl carbamates (subject to hydrolysis) is 1. The van der Waals surface area contributed by atoms with Crippen molar-refractivity contribution >= 4 is 23.8 Å². The lowest BCUT2D eigenvalue weighted by molar-refractivity contribution is -0.131. The molecule has 37 heavy (non-hydrogen) atoms. The second-order valence-corrected chi connectivity index (χ2v) is 8.38. The number of hydrogen-bond acceptors (Lipinski definition) is 5. The summed E-state index contributed by atoms with van der Waals surface area (Å²) in [5.41, 5.74) is 7.97. The molecule has 0 aromatic heterocycles. The maximum Gasteiger partial charge on any atom is 0.407 e. The Morgan fingerprint density at radius 3 is 1.68 bits per heavy atom. The van der Waals surface area contributed by atoms with Crippen LogP contribution in [-0.2, 0) is 38.6 Å². The fourth-order valence-electron chi connectivity index (χ4n) is 3.58. The molecule has 0 fully saturated rings. The van der Waals surface area contributed by atoms with Crippen LogP contribution in [0.25, 0.3) is 0 Å². The Hall–Kier alpha value is -4.66. The number of ether oxygens (including phenoxy) is 1. The maximum atomic E-state index is 13.1. The van der Waals surface area contributed by atoms with Gasteiger partial charge in [-0.1, -0.05) is 91.0 Å². The van der Waals surface area contributed by atoms with Crippen LogP contribution in [0.15, 0.2) is 91.0 Å². The molecule has 3 aromatic rings. The Morgan fingerprint density at radius 2 is 1.16 bits per heavy atom. The highest BCUT2D eigenvalue weighted by Gasteiger charge is 2.26. The predicted octanol–water partition coefficient (Wildman–Crippen LogP) is 1.85. The van der Waals surface area contributed by atoms with Crippen LogP contribution >= 0.6 is 0 Å². The molecular formula is C28H30N4O5. The fraction of sp³-hybridized carbons (Fsp3) is 0.214. The Kier molecular flexibility index (Phi) is 10.2. The van der Waals surface area contributed by atoms with Crippen molar-refractivity contribution in [3.63, 3.8) is 0 Å². The minimum Gasteiger partial charge on any atom is -0.445 e. The molecule has 3 rings (SSSR count). The molecule has 3 aromatic carbocycles. The Bertz CT molecular complexity index is 1170. The number of primary amides is 1. The maximum absolute atomic E-state index is 13.1. The summed E-state index contributed by atoms with van der Waals surface area (Å²) in [5, 5.41) is 7.66. The first-order valence-corrected chi connectivity index (χ1v) is 11.8. The molecule has 4 amide bonds. The smallest absolute Gasteiger partial charge is 0.407 e. The highest BCUT2D eigenvalue weighted by atomic mass is 16.5. The van der Waals surface area contributed by atoms with Crippen LogP contribution in [0.2, 0.25) is 0 Å². The molecule has 0 aliphatic carbocycles. The molecule has 0 heterocycles. The standard InChI is InChI=1S/C28H30N4O5/c29-26(34)23(16-20-10-4-1-5-11-20)32-27(35)24(17-21-12-6-2-7-13-21)31-25(33)18-30-28(36)37-19-22-14-8-3-9-15-22/h1-15,23-24H,16-19H2,(H2,29,34)(H,30,36)(H,31,33)(H,32,35)/t23-,24-/m0/s1. The van der Waals surface area contributed by atoms with Crippen LogP contribution in [0.4, 0.5) is 4.79 Å². The monoisotopic (exact) mass is 502 g/mol. The second kappa shape index (κ2) is 14.0. The zero-order valence-corrected chi connectivity index (χ0v) is 20.3. The number of carbonyl (C=O) groups excluding carboxylic acids is 4. The first-order valence-electron chi connectivity index (χ1n) is 11.8. The van der Waals surface area contributed by atoms with Gasteiger partial charge < -0.3 is 26.4 Å². The SMILES string of the molecule is NC(=O)[C@H](Cc1ccccc1)NC(=O)[C@H](Cc1ccccc1)NC(=O)CNC(=O)OCc1ccccc1. The topological polar surface area (TPSA) is 140 Å². The minimum absolute atomic E-state index is 0.0588. The highest BCUT2D eigenvalue weighted by Crippen LogP contribution is 2.07. The van der Waals surface area contributed by atoms with Gasteiger partial charge in [0.25, 0.3) is 0 Å². The molecule has 2 atom stereocenters. The third-order valence-corrected chi connectivity index (χ3v) is 5.48. The van der Waals surface area contributed by atoms with Crippen LogP contribution in [0, 0.1) is 0 Å². The van der Waals surface area contributed by atoms with Crippen molar-refractivity contribution < 1.29 is 23.9 Å². The van der Waals surface area contributed by atoms with Gasteiger partial charge in [0, 0.05) is 12.8 Å². The van der Waals surface area contributed by atoms with E-state index in [2.05, 4.69) is 16.0 Å². The van der Waals surface area contributed by atoms with Gasteiger partial charge in [0.1, 0.15) is 25.2 Å². The van der Waals surface area contributed by atoms with Gasteiger partial charge in [-0.3, -0.25) is 14.4 Å². The highest BCUT2D eigenvalue weighted by molar-refractivity contribution is 5.92. The quantitative estimate of drug-likeness (QED) is 0.299. The third-order valence-electron chi connectivity index (χ3n) is 5.48. The first-order chi connectivity index (χ1) is 17.9. The van der Waals surface area contributed by atoms with Gasteiger partial charge in [-0.2, -0.15) is 0 Å². The molecule has 0 radical (unpaired) electrons.